The molecule has 0 bridgehead atoms. The summed E-state index contributed by atoms with van der Waals surface area (Å²) in [6.07, 6.45) is 12.1. The third-order valence-electron chi connectivity index (χ3n) is 11.1. The molecule has 2 fully saturated rings. The average molecular weight is 735 g/mol. The molecule has 2 atom stereocenters. The third kappa shape index (κ3) is 8.77. The van der Waals surface area contributed by atoms with Gasteiger partial charge in [-0.25, -0.2) is 0 Å². The second-order valence-corrected chi connectivity index (χ2v) is 14.9. The summed E-state index contributed by atoms with van der Waals surface area (Å²) in [4.78, 5) is 61.1. The van der Waals surface area contributed by atoms with Crippen molar-refractivity contribution >= 4 is 40.7 Å². The molecule has 0 unspecified atom stereocenters. The average Bonchev–Trinajstić information content (AvgIpc) is 3.37. The fraction of sp³-hybridized carbons (Fsp3) is 0.455. The number of amides is 4. The Morgan fingerprint density at radius 3 is 2.09 bits per heavy atom. The summed E-state index contributed by atoms with van der Waals surface area (Å²) in [6.45, 7) is 3.55. The molecule has 10 nitrogen and oxygen atoms in total. The van der Waals surface area contributed by atoms with Crippen LogP contribution in [0.5, 0.6) is 0 Å². The van der Waals surface area contributed by atoms with Gasteiger partial charge in [0.1, 0.15) is 0 Å². The Morgan fingerprint density at radius 1 is 0.796 bits per heavy atom. The summed E-state index contributed by atoms with van der Waals surface area (Å²) in [5, 5.41) is 22.3. The highest BCUT2D eigenvalue weighted by Gasteiger charge is 2.52. The van der Waals surface area contributed by atoms with Crippen molar-refractivity contribution in [2.45, 2.75) is 96.2 Å². The van der Waals surface area contributed by atoms with Crippen LogP contribution in [0.4, 0.5) is 17.1 Å². The van der Waals surface area contributed by atoms with Crippen LogP contribution in [0, 0.1) is 5.92 Å². The molecule has 54 heavy (non-hydrogen) atoms. The molecule has 4 amide bonds. The SMILES string of the molecule is C[C@H](/C=C/CC(=O)N(CCO)Cc1ccccc1)[C@@]1(O)C(=O)N(Cc2cccc(N3CCCCCCC3=O)c2)c2ccc(N3CCCCCCC3=O)cc21. The van der Waals surface area contributed by atoms with E-state index in [1.807, 2.05) is 71.6 Å². The number of carbonyl (C=O) groups excluding carboxylic acids is 4. The van der Waals surface area contributed by atoms with Gasteiger partial charge in [0.15, 0.2) is 5.60 Å². The van der Waals surface area contributed by atoms with Crippen LogP contribution in [-0.2, 0) is 37.9 Å². The van der Waals surface area contributed by atoms with Gasteiger partial charge in [-0.3, -0.25) is 19.2 Å². The van der Waals surface area contributed by atoms with Crippen LogP contribution in [-0.4, -0.2) is 65.0 Å². The molecule has 10 heteroatoms. The molecule has 0 radical (unpaired) electrons. The molecule has 3 aliphatic heterocycles. The first-order valence-corrected chi connectivity index (χ1v) is 19.7. The van der Waals surface area contributed by atoms with Gasteiger partial charge in [0.25, 0.3) is 5.91 Å². The largest absolute Gasteiger partial charge is 0.395 e. The van der Waals surface area contributed by atoms with Crippen molar-refractivity contribution in [1.82, 2.24) is 4.90 Å². The van der Waals surface area contributed by atoms with Crippen LogP contribution < -0.4 is 14.7 Å². The number of nitrogens with zero attached hydrogens (tertiary/aromatic N) is 4. The van der Waals surface area contributed by atoms with Crippen molar-refractivity contribution < 1.29 is 29.4 Å². The first-order chi connectivity index (χ1) is 26.2. The molecule has 3 aromatic rings. The standard InChI is InChI=1S/C44H54N4O6/c1-33(15-13-22-40(50)45(27-28-49)31-34-16-7-6-8-17-34)44(54)38-30-37(47-26-12-5-3-10-21-42(47)52)23-24-39(38)48(43(44)53)32-35-18-14-19-36(29-35)46-25-11-4-2-9-20-41(46)51/h6-8,13-19,23-24,29-30,33,49,54H,2-5,9-12,20-22,25-28,31-32H2,1H3/b15-13+/t33-,44+/m1/s1. The number of rotatable bonds is 12. The van der Waals surface area contributed by atoms with Crippen molar-refractivity contribution in [1.29, 1.82) is 0 Å². The van der Waals surface area contributed by atoms with E-state index in [4.69, 9.17) is 0 Å². The Balaban J connectivity index is 1.28. The van der Waals surface area contributed by atoms with E-state index >= 15 is 0 Å². The number of benzene rings is 3. The third-order valence-corrected chi connectivity index (χ3v) is 11.1. The van der Waals surface area contributed by atoms with E-state index in [1.54, 1.807) is 39.8 Å². The molecule has 3 heterocycles. The molecular formula is C44H54N4O6. The summed E-state index contributed by atoms with van der Waals surface area (Å²) >= 11 is 0. The highest BCUT2D eigenvalue weighted by atomic mass is 16.3. The number of aliphatic hydroxyl groups is 2. The maximum absolute atomic E-state index is 14.6. The van der Waals surface area contributed by atoms with E-state index in [0.717, 1.165) is 68.2 Å². The molecule has 6 rings (SSSR count). The van der Waals surface area contributed by atoms with Crippen LogP contribution in [0.25, 0.3) is 0 Å². The fourth-order valence-corrected chi connectivity index (χ4v) is 7.99. The molecule has 286 valence electrons. The smallest absolute Gasteiger partial charge is 0.264 e. The van der Waals surface area contributed by atoms with Gasteiger partial charge in [0.2, 0.25) is 17.7 Å². The first kappa shape index (κ1) is 38.9. The van der Waals surface area contributed by atoms with Crippen LogP contribution >= 0.6 is 0 Å². The minimum Gasteiger partial charge on any atom is -0.395 e. The molecule has 0 aromatic heterocycles. The van der Waals surface area contributed by atoms with Gasteiger partial charge in [-0.2, -0.15) is 0 Å². The van der Waals surface area contributed by atoms with Gasteiger partial charge in [-0.05, 0) is 67.1 Å². The van der Waals surface area contributed by atoms with E-state index in [-0.39, 0.29) is 43.8 Å². The number of aliphatic hydroxyl groups excluding tert-OH is 1. The van der Waals surface area contributed by atoms with Crippen molar-refractivity contribution in [3.63, 3.8) is 0 Å². The first-order valence-electron chi connectivity index (χ1n) is 19.7. The quantitative estimate of drug-likeness (QED) is 0.202. The maximum atomic E-state index is 14.6. The van der Waals surface area contributed by atoms with E-state index in [9.17, 15) is 29.4 Å². The van der Waals surface area contributed by atoms with E-state index in [1.165, 1.54) is 0 Å². The lowest BCUT2D eigenvalue weighted by Gasteiger charge is -2.29. The maximum Gasteiger partial charge on any atom is 0.264 e. The molecule has 0 aliphatic carbocycles. The predicted molar refractivity (Wildman–Crippen MR) is 211 cm³/mol. The Morgan fingerprint density at radius 2 is 1.43 bits per heavy atom. The summed E-state index contributed by atoms with van der Waals surface area (Å²) in [7, 11) is 0. The lowest BCUT2D eigenvalue weighted by Crippen LogP contribution is -2.44. The number of hydrogen-bond acceptors (Lipinski definition) is 6. The van der Waals surface area contributed by atoms with E-state index < -0.39 is 17.4 Å². The molecule has 0 spiro atoms. The Labute approximate surface area is 319 Å². The monoisotopic (exact) mass is 734 g/mol. The summed E-state index contributed by atoms with van der Waals surface area (Å²) in [6, 6.07) is 22.8. The number of carbonyl (C=O) groups is 4. The summed E-state index contributed by atoms with van der Waals surface area (Å²) < 4.78 is 0. The zero-order chi connectivity index (χ0) is 38.1. The van der Waals surface area contributed by atoms with Gasteiger partial charge >= 0.3 is 0 Å². The second-order valence-electron chi connectivity index (χ2n) is 14.9. The number of fused-ring (bicyclic) bond motifs is 1. The Kier molecular flexibility index (Phi) is 13.0. The van der Waals surface area contributed by atoms with Gasteiger partial charge in [0, 0.05) is 68.3 Å². The lowest BCUT2D eigenvalue weighted by molar-refractivity contribution is -0.139. The summed E-state index contributed by atoms with van der Waals surface area (Å²) in [5.74, 6) is -1.27. The topological polar surface area (TPSA) is 122 Å². The van der Waals surface area contributed by atoms with Crippen LogP contribution in [0.2, 0.25) is 0 Å². The Bertz CT molecular complexity index is 1830. The molecule has 0 saturated carbocycles. The molecular weight excluding hydrogens is 681 g/mol. The second kappa shape index (κ2) is 18.0. The van der Waals surface area contributed by atoms with E-state index in [0.29, 0.717) is 49.4 Å². The normalized spacial score (nSPS) is 20.4. The van der Waals surface area contributed by atoms with Crippen molar-refractivity contribution in [2.75, 3.05) is 40.9 Å². The van der Waals surface area contributed by atoms with Crippen molar-refractivity contribution in [3.8, 4) is 0 Å². The minimum absolute atomic E-state index is 0.0301. The highest BCUT2D eigenvalue weighted by molar-refractivity contribution is 6.08. The number of hydrogen-bond donors (Lipinski definition) is 2. The van der Waals surface area contributed by atoms with Crippen LogP contribution in [0.1, 0.15) is 94.2 Å². The molecule has 2 N–H and O–H groups in total. The predicted octanol–water partition coefficient (Wildman–Crippen LogP) is 6.62. The van der Waals surface area contributed by atoms with Gasteiger partial charge in [-0.1, -0.05) is 87.2 Å². The highest BCUT2D eigenvalue weighted by Crippen LogP contribution is 2.47. The summed E-state index contributed by atoms with van der Waals surface area (Å²) in [5.41, 5.74) is 2.24. The molecule has 2 saturated heterocycles. The molecule has 3 aliphatic rings. The van der Waals surface area contributed by atoms with Crippen molar-refractivity contribution in [3.05, 3.63) is 102 Å². The lowest BCUT2D eigenvalue weighted by atomic mass is 9.82. The van der Waals surface area contributed by atoms with E-state index in [2.05, 4.69) is 0 Å². The zero-order valence-corrected chi connectivity index (χ0v) is 31.5. The van der Waals surface area contributed by atoms with Gasteiger partial charge < -0.3 is 29.8 Å². The van der Waals surface area contributed by atoms with Gasteiger partial charge in [-0.15, -0.1) is 0 Å². The zero-order valence-electron chi connectivity index (χ0n) is 31.5. The minimum atomic E-state index is -1.97. The Hall–Kier alpha value is -4.80. The van der Waals surface area contributed by atoms with Gasteiger partial charge in [0.05, 0.1) is 18.8 Å². The molecule has 3 aromatic carbocycles. The van der Waals surface area contributed by atoms with Crippen LogP contribution in [0.15, 0.2) is 84.9 Å². The van der Waals surface area contributed by atoms with Crippen molar-refractivity contribution in [2.24, 2.45) is 5.92 Å². The fourth-order valence-electron chi connectivity index (χ4n) is 7.99. The number of anilines is 3. The van der Waals surface area contributed by atoms with Crippen LogP contribution in [0.3, 0.4) is 0 Å².